The summed E-state index contributed by atoms with van der Waals surface area (Å²) >= 11 is 0. The minimum absolute atomic E-state index is 0.398. The van der Waals surface area contributed by atoms with Crippen LogP contribution in [0.1, 0.15) is 21.6 Å². The fourth-order valence-corrected chi connectivity index (χ4v) is 3.38. The van der Waals surface area contributed by atoms with Gasteiger partial charge in [0.05, 0.1) is 6.54 Å². The summed E-state index contributed by atoms with van der Waals surface area (Å²) in [5.74, 6) is -6.50. The van der Waals surface area contributed by atoms with Gasteiger partial charge in [-0.1, -0.05) is 30.3 Å². The molecule has 0 fully saturated rings. The van der Waals surface area contributed by atoms with Crippen molar-refractivity contribution in [1.82, 2.24) is 25.2 Å². The van der Waals surface area contributed by atoms with Crippen LogP contribution < -0.4 is 0 Å². The van der Waals surface area contributed by atoms with Gasteiger partial charge in [0.15, 0.2) is 5.60 Å². The van der Waals surface area contributed by atoms with Crippen molar-refractivity contribution in [2.24, 2.45) is 0 Å². The van der Waals surface area contributed by atoms with Crippen molar-refractivity contribution in [3.05, 3.63) is 95.6 Å². The normalized spacial score (nSPS) is 13.5. The van der Waals surface area contributed by atoms with Gasteiger partial charge in [-0.25, -0.2) is 13.5 Å². The lowest BCUT2D eigenvalue weighted by molar-refractivity contribution is -0.207. The maximum atomic E-state index is 15.7. The van der Waals surface area contributed by atoms with E-state index in [4.69, 9.17) is 0 Å². The molecule has 33 heavy (non-hydrogen) atoms. The van der Waals surface area contributed by atoms with Gasteiger partial charge >= 0.3 is 5.92 Å². The Morgan fingerprint density at radius 1 is 1.00 bits per heavy atom. The van der Waals surface area contributed by atoms with Crippen molar-refractivity contribution in [3.8, 4) is 11.1 Å². The van der Waals surface area contributed by atoms with Crippen LogP contribution in [-0.4, -0.2) is 36.6 Å². The molecule has 0 bridgehead atoms. The second-order valence-corrected chi connectivity index (χ2v) is 7.24. The summed E-state index contributed by atoms with van der Waals surface area (Å²) in [4.78, 5) is 14.6. The van der Waals surface area contributed by atoms with Crippen molar-refractivity contribution in [3.63, 3.8) is 0 Å². The van der Waals surface area contributed by atoms with Crippen molar-refractivity contribution in [1.29, 1.82) is 0 Å². The molecule has 2 aromatic heterocycles. The van der Waals surface area contributed by atoms with E-state index in [2.05, 4.69) is 20.5 Å². The van der Waals surface area contributed by atoms with Gasteiger partial charge < -0.3 is 5.11 Å². The molecule has 0 aliphatic carbocycles. The Kier molecular flexibility index (Phi) is 5.73. The van der Waals surface area contributed by atoms with E-state index in [-0.39, 0.29) is 0 Å². The van der Waals surface area contributed by atoms with Crippen LogP contribution in [0.5, 0.6) is 0 Å². The Morgan fingerprint density at radius 3 is 2.30 bits per heavy atom. The second-order valence-electron chi connectivity index (χ2n) is 7.24. The maximum absolute atomic E-state index is 15.7. The smallest absolute Gasteiger partial charge is 0.323 e. The number of rotatable bonds is 7. The van der Waals surface area contributed by atoms with Gasteiger partial charge in [0.25, 0.3) is 0 Å². The van der Waals surface area contributed by atoms with E-state index in [1.54, 1.807) is 24.3 Å². The number of hydrogen-bond donors (Lipinski definition) is 1. The van der Waals surface area contributed by atoms with Crippen LogP contribution in [-0.2, 0) is 18.1 Å². The number of pyridine rings is 1. The summed E-state index contributed by atoms with van der Waals surface area (Å²) in [6, 6.07) is 10.6. The van der Waals surface area contributed by atoms with Crippen LogP contribution in [0.25, 0.3) is 11.1 Å². The van der Waals surface area contributed by atoms with E-state index in [9.17, 15) is 18.7 Å². The van der Waals surface area contributed by atoms with Crippen molar-refractivity contribution >= 4 is 6.29 Å². The van der Waals surface area contributed by atoms with Gasteiger partial charge in [0.1, 0.15) is 29.9 Å². The van der Waals surface area contributed by atoms with Gasteiger partial charge in [-0.2, -0.15) is 8.78 Å². The van der Waals surface area contributed by atoms with Crippen molar-refractivity contribution in [2.45, 2.75) is 18.1 Å². The van der Waals surface area contributed by atoms with Crippen LogP contribution in [0, 0.1) is 11.6 Å². The molecule has 4 rings (SSSR count). The summed E-state index contributed by atoms with van der Waals surface area (Å²) in [7, 11) is 0. The summed E-state index contributed by atoms with van der Waals surface area (Å²) < 4.78 is 60.1. The second kappa shape index (κ2) is 8.51. The van der Waals surface area contributed by atoms with Crippen LogP contribution >= 0.6 is 0 Å². The molecular formula is C22H15F4N5O2. The Morgan fingerprint density at radius 2 is 1.73 bits per heavy atom. The van der Waals surface area contributed by atoms with Crippen LogP contribution in [0.15, 0.2) is 67.1 Å². The quantitative estimate of drug-likeness (QED) is 0.337. The molecule has 168 valence electrons. The summed E-state index contributed by atoms with van der Waals surface area (Å²) in [6.07, 6.45) is 2.81. The average molecular weight is 457 g/mol. The molecule has 2 aromatic carbocycles. The highest BCUT2D eigenvalue weighted by atomic mass is 19.3. The van der Waals surface area contributed by atoms with E-state index in [1.165, 1.54) is 6.07 Å². The first-order valence-electron chi connectivity index (χ1n) is 9.53. The predicted octanol–water partition coefficient (Wildman–Crippen LogP) is 3.51. The molecule has 0 spiro atoms. The Hall–Kier alpha value is -3.99. The third kappa shape index (κ3) is 4.10. The molecule has 2 heterocycles. The number of halogens is 4. The zero-order valence-electron chi connectivity index (χ0n) is 16.7. The molecule has 0 radical (unpaired) electrons. The highest BCUT2D eigenvalue weighted by Gasteiger charge is 2.57. The topological polar surface area (TPSA) is 93.8 Å². The van der Waals surface area contributed by atoms with Crippen molar-refractivity contribution in [2.75, 3.05) is 0 Å². The van der Waals surface area contributed by atoms with E-state index < -0.39 is 41.0 Å². The number of carbonyl (C=O) groups is 1. The Labute approximate surface area is 184 Å². The predicted molar refractivity (Wildman–Crippen MR) is 107 cm³/mol. The van der Waals surface area contributed by atoms with Gasteiger partial charge in [0.2, 0.25) is 0 Å². The summed E-state index contributed by atoms with van der Waals surface area (Å²) in [6.45, 7) is -0.938. The molecule has 7 nitrogen and oxygen atoms in total. The number of aldehydes is 1. The molecular weight excluding hydrogens is 442 g/mol. The number of aromatic nitrogens is 5. The molecule has 0 saturated carbocycles. The fourth-order valence-electron chi connectivity index (χ4n) is 3.38. The van der Waals surface area contributed by atoms with E-state index in [0.29, 0.717) is 29.0 Å². The minimum atomic E-state index is -4.14. The molecule has 11 heteroatoms. The molecule has 1 atom stereocenters. The standard InChI is InChI=1S/C22H15F4N5O2/c23-17-6-7-18(19(24)9-17)21(33,12-31-13-28-29-30-31)22(25,26)20-8-5-16(10-27-20)15-3-1-14(11-32)2-4-15/h1-11,13,33H,12H2. The lowest BCUT2D eigenvalue weighted by Gasteiger charge is -2.35. The Balaban J connectivity index is 1.76. The number of nitrogens with zero attached hydrogens (tertiary/aromatic N) is 5. The maximum Gasteiger partial charge on any atom is 0.323 e. The number of aliphatic hydroxyl groups is 1. The van der Waals surface area contributed by atoms with E-state index in [0.717, 1.165) is 35.4 Å². The highest BCUT2D eigenvalue weighted by Crippen LogP contribution is 2.46. The third-order valence-electron chi connectivity index (χ3n) is 5.14. The summed E-state index contributed by atoms with van der Waals surface area (Å²) in [5.41, 5.74) is -3.36. The van der Waals surface area contributed by atoms with Gasteiger partial charge in [-0.05, 0) is 34.2 Å². The first kappa shape index (κ1) is 22.2. The largest absolute Gasteiger partial charge is 0.377 e. The third-order valence-corrected chi connectivity index (χ3v) is 5.14. The molecule has 0 saturated heterocycles. The first-order chi connectivity index (χ1) is 15.7. The molecule has 0 aliphatic rings. The fraction of sp³-hybridized carbons (Fsp3) is 0.136. The molecule has 4 aromatic rings. The number of alkyl halides is 2. The number of benzene rings is 2. The molecule has 0 aliphatic heterocycles. The average Bonchev–Trinajstić information content (AvgIpc) is 3.32. The molecule has 1 unspecified atom stereocenters. The molecule has 1 N–H and O–H groups in total. The van der Waals surface area contributed by atoms with Gasteiger partial charge in [-0.15, -0.1) is 5.10 Å². The van der Waals surface area contributed by atoms with E-state index >= 15 is 8.78 Å². The number of hydrogen-bond acceptors (Lipinski definition) is 6. The minimum Gasteiger partial charge on any atom is -0.377 e. The zero-order valence-corrected chi connectivity index (χ0v) is 16.7. The van der Waals surface area contributed by atoms with Gasteiger partial charge in [-0.3, -0.25) is 9.78 Å². The number of tetrazole rings is 1. The first-order valence-corrected chi connectivity index (χ1v) is 9.53. The van der Waals surface area contributed by atoms with Crippen LogP contribution in [0.2, 0.25) is 0 Å². The van der Waals surface area contributed by atoms with Crippen LogP contribution in [0.4, 0.5) is 17.6 Å². The lowest BCUT2D eigenvalue weighted by atomic mass is 9.84. The van der Waals surface area contributed by atoms with Gasteiger partial charge in [0, 0.05) is 29.0 Å². The monoisotopic (exact) mass is 457 g/mol. The lowest BCUT2D eigenvalue weighted by Crippen LogP contribution is -2.48. The van der Waals surface area contributed by atoms with Crippen molar-refractivity contribution < 1.29 is 27.5 Å². The molecule has 0 amide bonds. The highest BCUT2D eigenvalue weighted by molar-refractivity contribution is 5.76. The van der Waals surface area contributed by atoms with Crippen LogP contribution in [0.3, 0.4) is 0 Å². The summed E-state index contributed by atoms with van der Waals surface area (Å²) in [5, 5.41) is 21.3. The zero-order chi connectivity index (χ0) is 23.6. The number of carbonyl (C=O) groups excluding carboxylic acids is 1. The Bertz CT molecular complexity index is 1270. The SMILES string of the molecule is O=Cc1ccc(-c2ccc(C(F)(F)C(O)(Cn3cnnn3)c3ccc(F)cc3F)nc2)cc1. The van der Waals surface area contributed by atoms with E-state index in [1.807, 2.05) is 0 Å².